The third kappa shape index (κ3) is 21.9. The molecule has 4 rings (SSSR count). The average molecular weight is 700 g/mol. The Hall–Kier alpha value is -3.76. The number of hydrogen-bond acceptors (Lipinski definition) is 4. The van der Waals surface area contributed by atoms with Crippen molar-refractivity contribution >= 4 is 0 Å². The summed E-state index contributed by atoms with van der Waals surface area (Å²) in [6.45, 7) is 25.1. The van der Waals surface area contributed by atoms with Gasteiger partial charge in [0.15, 0.2) is 0 Å². The van der Waals surface area contributed by atoms with Crippen LogP contribution in [0.1, 0.15) is 135 Å². The van der Waals surface area contributed by atoms with E-state index in [4.69, 9.17) is 14.2 Å². The Kier molecular flexibility index (Phi) is 25.8. The molecule has 0 aliphatic rings. The predicted molar refractivity (Wildman–Crippen MR) is 224 cm³/mol. The SMILES string of the molecule is C.CC(C)c1ccc(OCCN(C)C)cc1.CC(C)c1ccccc1.CCCOc1ccc(C(C)C)cc1.CCCOc1ccc(C(C)C)cc1. The molecule has 4 aromatic rings. The summed E-state index contributed by atoms with van der Waals surface area (Å²) < 4.78 is 16.6. The molecule has 0 spiro atoms. The van der Waals surface area contributed by atoms with Gasteiger partial charge in [-0.15, -0.1) is 0 Å². The molecule has 0 bridgehead atoms. The molecule has 0 saturated heterocycles. The molecule has 4 nitrogen and oxygen atoms in total. The van der Waals surface area contributed by atoms with E-state index in [0.29, 0.717) is 23.7 Å². The van der Waals surface area contributed by atoms with E-state index in [1.165, 1.54) is 22.3 Å². The topological polar surface area (TPSA) is 30.9 Å². The van der Waals surface area contributed by atoms with Crippen molar-refractivity contribution in [1.29, 1.82) is 0 Å². The highest BCUT2D eigenvalue weighted by molar-refractivity contribution is 5.30. The molecule has 0 saturated carbocycles. The molecule has 284 valence electrons. The Morgan fingerprint density at radius 1 is 0.412 bits per heavy atom. The molecular formula is C47H73NO3. The lowest BCUT2D eigenvalue weighted by Gasteiger charge is -2.11. The molecule has 0 aliphatic carbocycles. The highest BCUT2D eigenvalue weighted by Crippen LogP contribution is 2.20. The van der Waals surface area contributed by atoms with Gasteiger partial charge in [0.25, 0.3) is 0 Å². The van der Waals surface area contributed by atoms with E-state index < -0.39 is 0 Å². The summed E-state index contributed by atoms with van der Waals surface area (Å²) in [4.78, 5) is 2.11. The average Bonchev–Trinajstić information content (AvgIpc) is 3.11. The molecule has 0 unspecified atom stereocenters. The van der Waals surface area contributed by atoms with Gasteiger partial charge in [0, 0.05) is 6.54 Å². The summed E-state index contributed by atoms with van der Waals surface area (Å²) >= 11 is 0. The first kappa shape index (κ1) is 47.2. The summed E-state index contributed by atoms with van der Waals surface area (Å²) in [5, 5.41) is 0. The lowest BCUT2D eigenvalue weighted by atomic mass is 10.0. The minimum absolute atomic E-state index is 0. The van der Waals surface area contributed by atoms with Gasteiger partial charge in [0.2, 0.25) is 0 Å². The zero-order chi connectivity index (χ0) is 37.3. The van der Waals surface area contributed by atoms with Crippen LogP contribution >= 0.6 is 0 Å². The number of rotatable bonds is 14. The van der Waals surface area contributed by atoms with Crippen LogP contribution in [0.4, 0.5) is 0 Å². The van der Waals surface area contributed by atoms with E-state index in [9.17, 15) is 0 Å². The van der Waals surface area contributed by atoms with Crippen LogP contribution < -0.4 is 14.2 Å². The van der Waals surface area contributed by atoms with Crippen LogP contribution in [0.2, 0.25) is 0 Å². The molecule has 0 aromatic heterocycles. The van der Waals surface area contributed by atoms with Gasteiger partial charge in [-0.3, -0.25) is 0 Å². The van der Waals surface area contributed by atoms with Crippen molar-refractivity contribution in [3.8, 4) is 17.2 Å². The Morgan fingerprint density at radius 2 is 0.686 bits per heavy atom. The van der Waals surface area contributed by atoms with E-state index in [2.05, 4.69) is 135 Å². The third-order valence-corrected chi connectivity index (χ3v) is 7.86. The van der Waals surface area contributed by atoms with Gasteiger partial charge in [0.05, 0.1) is 13.2 Å². The monoisotopic (exact) mass is 700 g/mol. The Labute approximate surface area is 314 Å². The second-order valence-electron chi connectivity index (χ2n) is 14.1. The number of ether oxygens (including phenoxy) is 3. The predicted octanol–water partition coefficient (Wildman–Crippen LogP) is 13.4. The maximum Gasteiger partial charge on any atom is 0.119 e. The van der Waals surface area contributed by atoms with E-state index in [-0.39, 0.29) is 7.43 Å². The first-order chi connectivity index (χ1) is 23.9. The van der Waals surface area contributed by atoms with Crippen LogP contribution in [-0.2, 0) is 0 Å². The minimum atomic E-state index is 0. The lowest BCUT2D eigenvalue weighted by molar-refractivity contribution is 0.261. The molecule has 0 N–H and O–H groups in total. The largest absolute Gasteiger partial charge is 0.494 e. The molecule has 4 heteroatoms. The first-order valence-corrected chi connectivity index (χ1v) is 18.8. The van der Waals surface area contributed by atoms with Crippen molar-refractivity contribution in [1.82, 2.24) is 4.90 Å². The molecule has 0 heterocycles. The van der Waals surface area contributed by atoms with Crippen molar-refractivity contribution in [2.24, 2.45) is 0 Å². The standard InChI is InChI=1S/C13H21NO.2C12H18O.C9H12.CH4/c1-11(2)12-5-7-13(8-6-12)15-10-9-14(3)4;2*1-4-9-13-12-7-5-11(6-8-12)10(2)3;1-8(2)9-6-4-3-5-7-9;/h5-8,11H,9-10H2,1-4H3;2*5-8,10H,4,9H2,1-3H3;3-8H,1-2H3;1H4. The molecular weight excluding hydrogens is 627 g/mol. The number of benzene rings is 4. The number of likely N-dealkylation sites (N-methyl/N-ethyl adjacent to an activating group) is 1. The quantitative estimate of drug-likeness (QED) is 0.131. The van der Waals surface area contributed by atoms with Gasteiger partial charge in [-0.2, -0.15) is 0 Å². The molecule has 0 amide bonds. The second-order valence-corrected chi connectivity index (χ2v) is 14.1. The molecule has 0 radical (unpaired) electrons. The Bertz CT molecular complexity index is 1290. The molecule has 4 aromatic carbocycles. The van der Waals surface area contributed by atoms with E-state index in [1.807, 2.05) is 56.6 Å². The van der Waals surface area contributed by atoms with Crippen molar-refractivity contribution < 1.29 is 14.2 Å². The summed E-state index contributed by atoms with van der Waals surface area (Å²) in [6, 6.07) is 35.6. The van der Waals surface area contributed by atoms with Crippen LogP contribution in [0.25, 0.3) is 0 Å². The van der Waals surface area contributed by atoms with Gasteiger partial charge in [-0.05, 0) is 109 Å². The van der Waals surface area contributed by atoms with Crippen molar-refractivity contribution in [2.45, 2.75) is 113 Å². The smallest absolute Gasteiger partial charge is 0.119 e. The summed E-state index contributed by atoms with van der Waals surface area (Å²) in [6.07, 6.45) is 2.12. The van der Waals surface area contributed by atoms with Crippen LogP contribution in [0.15, 0.2) is 103 Å². The van der Waals surface area contributed by atoms with Crippen molar-refractivity contribution in [3.63, 3.8) is 0 Å². The number of hydrogen-bond donors (Lipinski definition) is 0. The normalized spacial score (nSPS) is 10.4. The molecule has 51 heavy (non-hydrogen) atoms. The zero-order valence-electron chi connectivity index (χ0n) is 33.5. The van der Waals surface area contributed by atoms with Gasteiger partial charge >= 0.3 is 0 Å². The lowest BCUT2D eigenvalue weighted by Crippen LogP contribution is -2.19. The zero-order valence-corrected chi connectivity index (χ0v) is 33.5. The maximum atomic E-state index is 5.61. The Balaban J connectivity index is 0.000000658. The van der Waals surface area contributed by atoms with Gasteiger partial charge < -0.3 is 19.1 Å². The van der Waals surface area contributed by atoms with Gasteiger partial charge in [-0.1, -0.05) is 143 Å². The summed E-state index contributed by atoms with van der Waals surface area (Å²) in [5.74, 6) is 5.35. The maximum absolute atomic E-state index is 5.61. The van der Waals surface area contributed by atoms with Gasteiger partial charge in [-0.25, -0.2) is 0 Å². The minimum Gasteiger partial charge on any atom is -0.494 e. The molecule has 0 fully saturated rings. The van der Waals surface area contributed by atoms with Crippen LogP contribution in [0.5, 0.6) is 17.2 Å². The second kappa shape index (κ2) is 27.9. The third-order valence-electron chi connectivity index (χ3n) is 7.86. The molecule has 0 atom stereocenters. The van der Waals surface area contributed by atoms with Crippen LogP contribution in [0.3, 0.4) is 0 Å². The summed E-state index contributed by atoms with van der Waals surface area (Å²) in [5.41, 5.74) is 5.50. The van der Waals surface area contributed by atoms with E-state index in [1.54, 1.807) is 0 Å². The Morgan fingerprint density at radius 3 is 0.922 bits per heavy atom. The first-order valence-electron chi connectivity index (χ1n) is 18.8. The highest BCUT2D eigenvalue weighted by Gasteiger charge is 2.01. The van der Waals surface area contributed by atoms with E-state index >= 15 is 0 Å². The highest BCUT2D eigenvalue weighted by atomic mass is 16.5. The van der Waals surface area contributed by atoms with E-state index in [0.717, 1.165) is 56.5 Å². The van der Waals surface area contributed by atoms with Crippen molar-refractivity contribution in [3.05, 3.63) is 125 Å². The summed E-state index contributed by atoms with van der Waals surface area (Å²) in [7, 11) is 4.09. The van der Waals surface area contributed by atoms with Gasteiger partial charge in [0.1, 0.15) is 23.9 Å². The number of nitrogens with zero attached hydrogens (tertiary/aromatic N) is 1. The fourth-order valence-electron chi connectivity index (χ4n) is 4.47. The molecule has 0 aliphatic heterocycles. The fraction of sp³-hybridized carbons (Fsp3) is 0.489. The van der Waals surface area contributed by atoms with Crippen LogP contribution in [0, 0.1) is 0 Å². The van der Waals surface area contributed by atoms with Crippen molar-refractivity contribution in [2.75, 3.05) is 40.5 Å². The fourth-order valence-corrected chi connectivity index (χ4v) is 4.47. The van der Waals surface area contributed by atoms with Crippen LogP contribution in [-0.4, -0.2) is 45.4 Å².